The molecule has 0 bridgehead atoms. The summed E-state index contributed by atoms with van der Waals surface area (Å²) in [6.07, 6.45) is 0. The van der Waals surface area contributed by atoms with E-state index in [0.29, 0.717) is 0 Å². The molecule has 9 aromatic rings. The van der Waals surface area contributed by atoms with Crippen molar-refractivity contribution < 1.29 is 0 Å². The van der Waals surface area contributed by atoms with E-state index in [1.165, 1.54) is 64.3 Å². The van der Waals surface area contributed by atoms with Crippen LogP contribution in [0, 0.1) is 0 Å². The summed E-state index contributed by atoms with van der Waals surface area (Å²) in [6.45, 7) is 0. The SMILES string of the molecule is c1ccc(-c2ccc(N(c3ccccc3)c3ccc(-c4cc5sc6ccccc6c5cc4-c4ccc5ccccc5c4)cc3)cc2)cc1. The van der Waals surface area contributed by atoms with Gasteiger partial charge in [0, 0.05) is 37.2 Å². The molecular weight excluding hydrogens is 599 g/mol. The van der Waals surface area contributed by atoms with Gasteiger partial charge in [0.2, 0.25) is 0 Å². The lowest BCUT2D eigenvalue weighted by Gasteiger charge is -2.26. The minimum absolute atomic E-state index is 1.12. The molecule has 8 aromatic carbocycles. The third-order valence-electron chi connectivity index (χ3n) is 9.26. The van der Waals surface area contributed by atoms with Gasteiger partial charge in [-0.2, -0.15) is 0 Å². The largest absolute Gasteiger partial charge is 0.311 e. The highest BCUT2D eigenvalue weighted by molar-refractivity contribution is 7.25. The zero-order valence-corrected chi connectivity index (χ0v) is 27.1. The first-order valence-electron chi connectivity index (χ1n) is 16.3. The molecule has 2 heteroatoms. The third kappa shape index (κ3) is 5.13. The van der Waals surface area contributed by atoms with Crippen LogP contribution in [0.1, 0.15) is 0 Å². The maximum Gasteiger partial charge on any atom is 0.0462 e. The molecule has 1 aromatic heterocycles. The smallest absolute Gasteiger partial charge is 0.0462 e. The van der Waals surface area contributed by atoms with Gasteiger partial charge in [-0.1, -0.05) is 127 Å². The molecule has 226 valence electrons. The standard InChI is InChI=1S/C46H31NS/c1-3-11-32(12-4-1)34-21-25-39(26-22-34)47(38-15-5-2-6-16-38)40-27-23-35(24-28-40)43-31-46-44(41-17-9-10-18-45(41)48-46)30-42(43)37-20-19-33-13-7-8-14-36(33)29-37/h1-31H. The number of hydrogen-bond acceptors (Lipinski definition) is 2. The molecule has 0 N–H and O–H groups in total. The van der Waals surface area contributed by atoms with E-state index in [1.807, 2.05) is 11.3 Å². The van der Waals surface area contributed by atoms with E-state index in [0.717, 1.165) is 17.1 Å². The normalized spacial score (nSPS) is 11.3. The molecule has 1 nitrogen and oxygen atoms in total. The van der Waals surface area contributed by atoms with Crippen LogP contribution >= 0.6 is 11.3 Å². The number of fused-ring (bicyclic) bond motifs is 4. The van der Waals surface area contributed by atoms with Gasteiger partial charge >= 0.3 is 0 Å². The van der Waals surface area contributed by atoms with Crippen LogP contribution < -0.4 is 4.90 Å². The first-order chi connectivity index (χ1) is 23.8. The number of benzene rings is 8. The summed E-state index contributed by atoms with van der Waals surface area (Å²) in [7, 11) is 0. The van der Waals surface area contributed by atoms with E-state index in [2.05, 4.69) is 193 Å². The summed E-state index contributed by atoms with van der Waals surface area (Å²) in [5.74, 6) is 0. The Balaban J connectivity index is 1.17. The number of thiophene rings is 1. The number of para-hydroxylation sites is 1. The third-order valence-corrected chi connectivity index (χ3v) is 10.4. The van der Waals surface area contributed by atoms with Gasteiger partial charge in [0.25, 0.3) is 0 Å². The first-order valence-corrected chi connectivity index (χ1v) is 17.2. The van der Waals surface area contributed by atoms with Crippen molar-refractivity contribution in [3.63, 3.8) is 0 Å². The van der Waals surface area contributed by atoms with Crippen LogP contribution in [0.4, 0.5) is 17.1 Å². The van der Waals surface area contributed by atoms with E-state index in [-0.39, 0.29) is 0 Å². The Morgan fingerprint density at radius 3 is 1.60 bits per heavy atom. The van der Waals surface area contributed by atoms with Crippen molar-refractivity contribution in [3.8, 4) is 33.4 Å². The van der Waals surface area contributed by atoms with Crippen molar-refractivity contribution in [2.24, 2.45) is 0 Å². The molecule has 0 saturated carbocycles. The molecule has 0 radical (unpaired) electrons. The van der Waals surface area contributed by atoms with Gasteiger partial charge in [0.1, 0.15) is 0 Å². The van der Waals surface area contributed by atoms with Gasteiger partial charge in [-0.3, -0.25) is 0 Å². The lowest BCUT2D eigenvalue weighted by atomic mass is 9.91. The van der Waals surface area contributed by atoms with Crippen molar-refractivity contribution in [2.75, 3.05) is 4.90 Å². The van der Waals surface area contributed by atoms with Crippen molar-refractivity contribution >= 4 is 59.3 Å². The Morgan fingerprint density at radius 1 is 0.312 bits per heavy atom. The van der Waals surface area contributed by atoms with Gasteiger partial charge in [-0.15, -0.1) is 11.3 Å². The molecule has 0 aliphatic rings. The fraction of sp³-hybridized carbons (Fsp3) is 0. The maximum atomic E-state index is 2.41. The fourth-order valence-corrected chi connectivity index (χ4v) is 7.98. The summed E-state index contributed by atoms with van der Waals surface area (Å²) in [6, 6.07) is 68.1. The molecule has 0 fully saturated rings. The number of rotatable bonds is 6. The summed E-state index contributed by atoms with van der Waals surface area (Å²) >= 11 is 1.87. The first kappa shape index (κ1) is 28.3. The molecule has 0 aliphatic carbocycles. The van der Waals surface area contributed by atoms with Gasteiger partial charge < -0.3 is 4.90 Å². The van der Waals surface area contributed by atoms with Crippen LogP contribution in [0.15, 0.2) is 188 Å². The second-order valence-electron chi connectivity index (χ2n) is 12.2. The van der Waals surface area contributed by atoms with Gasteiger partial charge in [-0.05, 0) is 105 Å². The highest BCUT2D eigenvalue weighted by Crippen LogP contribution is 2.43. The Bertz CT molecular complexity index is 2530. The van der Waals surface area contributed by atoms with Gasteiger partial charge in [0.05, 0.1) is 0 Å². The second kappa shape index (κ2) is 12.0. The molecule has 48 heavy (non-hydrogen) atoms. The molecule has 1 heterocycles. The highest BCUT2D eigenvalue weighted by Gasteiger charge is 2.16. The second-order valence-corrected chi connectivity index (χ2v) is 13.3. The van der Waals surface area contributed by atoms with Crippen molar-refractivity contribution in [3.05, 3.63) is 188 Å². The number of anilines is 3. The van der Waals surface area contributed by atoms with E-state index < -0.39 is 0 Å². The lowest BCUT2D eigenvalue weighted by molar-refractivity contribution is 1.28. The van der Waals surface area contributed by atoms with Crippen LogP contribution in [0.5, 0.6) is 0 Å². The zero-order chi connectivity index (χ0) is 31.9. The van der Waals surface area contributed by atoms with Crippen molar-refractivity contribution in [1.29, 1.82) is 0 Å². The highest BCUT2D eigenvalue weighted by atomic mass is 32.1. The predicted molar refractivity (Wildman–Crippen MR) is 208 cm³/mol. The lowest BCUT2D eigenvalue weighted by Crippen LogP contribution is -2.09. The summed E-state index contributed by atoms with van der Waals surface area (Å²) in [5.41, 5.74) is 10.7. The average molecular weight is 630 g/mol. The van der Waals surface area contributed by atoms with Gasteiger partial charge in [-0.25, -0.2) is 0 Å². The van der Waals surface area contributed by atoms with Crippen LogP contribution in [-0.2, 0) is 0 Å². The molecule has 0 unspecified atom stereocenters. The summed E-state index contributed by atoms with van der Waals surface area (Å²) in [4.78, 5) is 2.33. The topological polar surface area (TPSA) is 3.24 Å². The minimum atomic E-state index is 1.12. The Morgan fingerprint density at radius 2 is 0.854 bits per heavy atom. The molecule has 0 spiro atoms. The van der Waals surface area contributed by atoms with E-state index in [1.54, 1.807) is 0 Å². The molecule has 0 saturated heterocycles. The molecule has 9 rings (SSSR count). The quantitative estimate of drug-likeness (QED) is 0.177. The average Bonchev–Trinajstić information content (AvgIpc) is 3.53. The maximum absolute atomic E-state index is 2.41. The van der Waals surface area contributed by atoms with Crippen molar-refractivity contribution in [2.45, 2.75) is 0 Å². The van der Waals surface area contributed by atoms with Crippen molar-refractivity contribution in [1.82, 2.24) is 0 Å². The molecular formula is C46H31NS. The van der Waals surface area contributed by atoms with Crippen LogP contribution in [-0.4, -0.2) is 0 Å². The predicted octanol–water partition coefficient (Wildman–Crippen LogP) is 13.7. The van der Waals surface area contributed by atoms with E-state index >= 15 is 0 Å². The summed E-state index contributed by atoms with van der Waals surface area (Å²) < 4.78 is 2.63. The number of nitrogens with zero attached hydrogens (tertiary/aromatic N) is 1. The molecule has 0 aliphatic heterocycles. The van der Waals surface area contributed by atoms with Gasteiger partial charge in [0.15, 0.2) is 0 Å². The summed E-state index contributed by atoms with van der Waals surface area (Å²) in [5, 5.41) is 5.14. The number of hydrogen-bond donors (Lipinski definition) is 0. The molecule has 0 amide bonds. The molecule has 0 atom stereocenters. The fourth-order valence-electron chi connectivity index (χ4n) is 6.85. The van der Waals surface area contributed by atoms with E-state index in [9.17, 15) is 0 Å². The Hall–Kier alpha value is -5.96. The van der Waals surface area contributed by atoms with Crippen LogP contribution in [0.2, 0.25) is 0 Å². The minimum Gasteiger partial charge on any atom is -0.311 e. The van der Waals surface area contributed by atoms with Crippen LogP contribution in [0.25, 0.3) is 64.3 Å². The Labute approximate surface area is 284 Å². The Kier molecular flexibility index (Phi) is 7.07. The zero-order valence-electron chi connectivity index (χ0n) is 26.3. The monoisotopic (exact) mass is 629 g/mol. The van der Waals surface area contributed by atoms with E-state index in [4.69, 9.17) is 0 Å². The van der Waals surface area contributed by atoms with Crippen LogP contribution in [0.3, 0.4) is 0 Å².